The number of aryl methyl sites for hydroxylation is 1. The number of nitrogens with zero attached hydrogens (tertiary/aromatic N) is 2. The minimum absolute atomic E-state index is 0.143. The largest absolute Gasteiger partial charge is 0.360 e. The van der Waals surface area contributed by atoms with Crippen molar-refractivity contribution in [3.05, 3.63) is 11.8 Å². The third kappa shape index (κ3) is 5.55. The number of aromatic nitrogens is 1. The van der Waals surface area contributed by atoms with Gasteiger partial charge in [0.15, 0.2) is 5.82 Å². The molecule has 8 nitrogen and oxygen atoms in total. The van der Waals surface area contributed by atoms with Crippen LogP contribution in [0, 0.1) is 12.3 Å². The Bertz CT molecular complexity index is 559. The first kappa shape index (κ1) is 17.7. The summed E-state index contributed by atoms with van der Waals surface area (Å²) in [5, 5.41) is 8.68. The molecule has 1 aromatic heterocycles. The summed E-state index contributed by atoms with van der Waals surface area (Å²) < 4.78 is 4.82. The van der Waals surface area contributed by atoms with Crippen molar-refractivity contribution >= 4 is 23.5 Å². The molecular formula is C14H22N4O4. The molecule has 0 saturated heterocycles. The molecule has 0 atom stereocenters. The van der Waals surface area contributed by atoms with E-state index in [1.54, 1.807) is 33.8 Å². The molecule has 1 heterocycles. The minimum atomic E-state index is -0.568. The Kier molecular flexibility index (Phi) is 5.67. The molecule has 0 bridgehead atoms. The van der Waals surface area contributed by atoms with Gasteiger partial charge in [0.05, 0.1) is 13.1 Å². The van der Waals surface area contributed by atoms with E-state index in [1.165, 1.54) is 11.9 Å². The van der Waals surface area contributed by atoms with Gasteiger partial charge in [-0.1, -0.05) is 25.9 Å². The fraction of sp³-hybridized carbons (Fsp3) is 0.571. The van der Waals surface area contributed by atoms with E-state index in [-0.39, 0.29) is 24.9 Å². The monoisotopic (exact) mass is 310 g/mol. The van der Waals surface area contributed by atoms with Crippen LogP contribution in [0.3, 0.4) is 0 Å². The molecule has 0 aliphatic rings. The Morgan fingerprint density at radius 1 is 1.32 bits per heavy atom. The van der Waals surface area contributed by atoms with Crippen molar-refractivity contribution in [1.29, 1.82) is 0 Å². The number of rotatable bonds is 5. The molecule has 0 saturated carbocycles. The molecule has 0 aromatic carbocycles. The van der Waals surface area contributed by atoms with E-state index in [1.807, 2.05) is 0 Å². The average molecular weight is 310 g/mol. The fourth-order valence-corrected chi connectivity index (χ4v) is 1.47. The van der Waals surface area contributed by atoms with Gasteiger partial charge in [0, 0.05) is 18.5 Å². The van der Waals surface area contributed by atoms with Crippen molar-refractivity contribution in [3.8, 4) is 0 Å². The zero-order valence-electron chi connectivity index (χ0n) is 13.5. The number of hydrogen-bond donors (Lipinski definition) is 2. The maximum absolute atomic E-state index is 11.9. The van der Waals surface area contributed by atoms with Crippen molar-refractivity contribution in [2.75, 3.05) is 25.5 Å². The van der Waals surface area contributed by atoms with Gasteiger partial charge in [-0.3, -0.25) is 14.4 Å². The van der Waals surface area contributed by atoms with Gasteiger partial charge < -0.3 is 20.1 Å². The number of nitrogens with one attached hydrogen (secondary N) is 2. The van der Waals surface area contributed by atoms with Crippen LogP contribution in [0.2, 0.25) is 0 Å². The Morgan fingerprint density at radius 3 is 2.45 bits per heavy atom. The van der Waals surface area contributed by atoms with E-state index < -0.39 is 11.3 Å². The summed E-state index contributed by atoms with van der Waals surface area (Å²) in [5.74, 6) is -0.110. The SMILES string of the molecule is Cc1cc(NC(=O)CN(C)C(=O)CNC(=O)C(C)(C)C)no1. The van der Waals surface area contributed by atoms with Crippen LogP contribution in [0.1, 0.15) is 26.5 Å². The first-order chi connectivity index (χ1) is 10.1. The molecule has 0 radical (unpaired) electrons. The van der Waals surface area contributed by atoms with Crippen LogP contribution in [0.15, 0.2) is 10.6 Å². The normalized spacial score (nSPS) is 11.0. The van der Waals surface area contributed by atoms with E-state index in [4.69, 9.17) is 4.52 Å². The lowest BCUT2D eigenvalue weighted by Gasteiger charge is -2.20. The van der Waals surface area contributed by atoms with Crippen molar-refractivity contribution < 1.29 is 18.9 Å². The van der Waals surface area contributed by atoms with Gasteiger partial charge in [-0.05, 0) is 6.92 Å². The topological polar surface area (TPSA) is 105 Å². The highest BCUT2D eigenvalue weighted by Crippen LogP contribution is 2.12. The summed E-state index contributed by atoms with van der Waals surface area (Å²) in [4.78, 5) is 36.5. The Balaban J connectivity index is 2.40. The van der Waals surface area contributed by atoms with Gasteiger partial charge in [-0.15, -0.1) is 0 Å². The Hall–Kier alpha value is -2.38. The summed E-state index contributed by atoms with van der Waals surface area (Å²) in [5.41, 5.74) is -0.568. The molecule has 2 N–H and O–H groups in total. The Morgan fingerprint density at radius 2 is 1.95 bits per heavy atom. The van der Waals surface area contributed by atoms with E-state index in [0.717, 1.165) is 0 Å². The van der Waals surface area contributed by atoms with Crippen LogP contribution < -0.4 is 10.6 Å². The van der Waals surface area contributed by atoms with Gasteiger partial charge in [0.1, 0.15) is 5.76 Å². The molecule has 0 aliphatic heterocycles. The summed E-state index contributed by atoms with van der Waals surface area (Å²) in [6, 6.07) is 1.57. The highest BCUT2D eigenvalue weighted by Gasteiger charge is 2.22. The molecule has 3 amide bonds. The second-order valence-corrected chi connectivity index (χ2v) is 6.05. The Labute approximate surface area is 129 Å². The summed E-state index contributed by atoms with van der Waals surface area (Å²) in [7, 11) is 1.49. The van der Waals surface area contributed by atoms with Crippen molar-refractivity contribution in [3.63, 3.8) is 0 Å². The quantitative estimate of drug-likeness (QED) is 0.826. The van der Waals surface area contributed by atoms with Crippen LogP contribution in [0.4, 0.5) is 5.82 Å². The van der Waals surface area contributed by atoms with Crippen molar-refractivity contribution in [1.82, 2.24) is 15.4 Å². The molecule has 22 heavy (non-hydrogen) atoms. The summed E-state index contributed by atoms with van der Waals surface area (Å²) in [6.45, 7) is 6.67. The fourth-order valence-electron chi connectivity index (χ4n) is 1.47. The standard InChI is InChI=1S/C14H22N4O4/c1-9-6-10(17-22-9)16-11(19)8-18(5)12(20)7-15-13(21)14(2,3)4/h6H,7-8H2,1-5H3,(H,15,21)(H,16,17,19). The first-order valence-electron chi connectivity index (χ1n) is 6.85. The highest BCUT2D eigenvalue weighted by atomic mass is 16.5. The van der Waals surface area contributed by atoms with Crippen LogP contribution in [-0.4, -0.2) is 47.9 Å². The van der Waals surface area contributed by atoms with Crippen LogP contribution >= 0.6 is 0 Å². The zero-order valence-corrected chi connectivity index (χ0v) is 13.5. The number of carbonyl (C=O) groups excluding carboxylic acids is 3. The highest BCUT2D eigenvalue weighted by molar-refractivity contribution is 5.94. The molecule has 1 aromatic rings. The van der Waals surface area contributed by atoms with Crippen molar-refractivity contribution in [2.24, 2.45) is 5.41 Å². The molecule has 0 aliphatic carbocycles. The van der Waals surface area contributed by atoms with Gasteiger partial charge >= 0.3 is 0 Å². The average Bonchev–Trinajstić information content (AvgIpc) is 2.79. The molecule has 8 heteroatoms. The van der Waals surface area contributed by atoms with Gasteiger partial charge in [0.25, 0.3) is 0 Å². The lowest BCUT2D eigenvalue weighted by molar-refractivity contribution is -0.135. The smallest absolute Gasteiger partial charge is 0.245 e. The molecule has 1 rings (SSSR count). The third-order valence-corrected chi connectivity index (χ3v) is 2.78. The van der Waals surface area contributed by atoms with Gasteiger partial charge in [-0.2, -0.15) is 0 Å². The number of hydrogen-bond acceptors (Lipinski definition) is 5. The van der Waals surface area contributed by atoms with E-state index in [0.29, 0.717) is 11.6 Å². The summed E-state index contributed by atoms with van der Waals surface area (Å²) in [6.07, 6.45) is 0. The van der Waals surface area contributed by atoms with E-state index in [9.17, 15) is 14.4 Å². The predicted octanol–water partition coefficient (Wildman–Crippen LogP) is 0.542. The lowest BCUT2D eigenvalue weighted by atomic mass is 9.96. The van der Waals surface area contributed by atoms with Crippen LogP contribution in [0.5, 0.6) is 0 Å². The van der Waals surface area contributed by atoms with Gasteiger partial charge in [0.2, 0.25) is 17.7 Å². The molecular weight excluding hydrogens is 288 g/mol. The second kappa shape index (κ2) is 7.06. The second-order valence-electron chi connectivity index (χ2n) is 6.05. The maximum atomic E-state index is 11.9. The summed E-state index contributed by atoms with van der Waals surface area (Å²) >= 11 is 0. The minimum Gasteiger partial charge on any atom is -0.360 e. The predicted molar refractivity (Wildman–Crippen MR) is 80.0 cm³/mol. The number of amides is 3. The third-order valence-electron chi connectivity index (χ3n) is 2.78. The number of anilines is 1. The maximum Gasteiger partial charge on any atom is 0.245 e. The van der Waals surface area contributed by atoms with Gasteiger partial charge in [-0.25, -0.2) is 0 Å². The number of carbonyl (C=O) groups is 3. The molecule has 122 valence electrons. The molecule has 0 fully saturated rings. The van der Waals surface area contributed by atoms with Crippen LogP contribution in [0.25, 0.3) is 0 Å². The van der Waals surface area contributed by atoms with Crippen LogP contribution in [-0.2, 0) is 14.4 Å². The van der Waals surface area contributed by atoms with E-state index in [2.05, 4.69) is 15.8 Å². The van der Waals surface area contributed by atoms with E-state index >= 15 is 0 Å². The molecule has 0 spiro atoms. The first-order valence-corrected chi connectivity index (χ1v) is 6.85. The van der Waals surface area contributed by atoms with Crippen molar-refractivity contribution in [2.45, 2.75) is 27.7 Å². The molecule has 0 unspecified atom stereocenters. The number of likely N-dealkylation sites (N-methyl/N-ethyl adjacent to an activating group) is 1. The lowest BCUT2D eigenvalue weighted by Crippen LogP contribution is -2.44. The zero-order chi connectivity index (χ0) is 16.9.